The summed E-state index contributed by atoms with van der Waals surface area (Å²) in [5, 5.41) is 3.40. The van der Waals surface area contributed by atoms with Gasteiger partial charge in [0.1, 0.15) is 5.75 Å². The first-order chi connectivity index (χ1) is 13.5. The minimum Gasteiger partial charge on any atom is -0.497 e. The van der Waals surface area contributed by atoms with Gasteiger partial charge >= 0.3 is 0 Å². The van der Waals surface area contributed by atoms with E-state index in [2.05, 4.69) is 61.3 Å². The Kier molecular flexibility index (Phi) is 6.45. The van der Waals surface area contributed by atoms with Gasteiger partial charge in [-0.2, -0.15) is 0 Å². The lowest BCUT2D eigenvalue weighted by molar-refractivity contribution is -0.129. The van der Waals surface area contributed by atoms with E-state index in [1.54, 1.807) is 7.11 Å². The summed E-state index contributed by atoms with van der Waals surface area (Å²) >= 11 is 0. The van der Waals surface area contributed by atoms with E-state index in [0.717, 1.165) is 37.6 Å². The highest BCUT2D eigenvalue weighted by Gasteiger charge is 2.21. The lowest BCUT2D eigenvalue weighted by Gasteiger charge is -2.36. The highest BCUT2D eigenvalue weighted by Crippen LogP contribution is 2.27. The Bertz CT molecular complexity index is 794. The highest BCUT2D eigenvalue weighted by atomic mass is 16.5. The van der Waals surface area contributed by atoms with Crippen LogP contribution in [0.25, 0.3) is 0 Å². The summed E-state index contributed by atoms with van der Waals surface area (Å²) in [5.74, 6) is 1.44. The molecular weight excluding hydrogens is 350 g/mol. The molecule has 3 rings (SSSR count). The molecule has 1 saturated heterocycles. The maximum Gasteiger partial charge on any atom is 0.241 e. The number of nitrogens with zero attached hydrogens (tertiary/aromatic N) is 2. The van der Waals surface area contributed by atoms with Crippen LogP contribution in [0.2, 0.25) is 0 Å². The van der Waals surface area contributed by atoms with E-state index in [0.29, 0.717) is 12.5 Å². The standard InChI is InChI=1S/C23H31N3O2/c1-17(2)21-7-5-6-18(3)23(21)24-16-22(27)26-14-12-25(13-15-26)19-8-10-20(28-4)11-9-19/h5-11,17,24H,12-16H2,1-4H3. The van der Waals surface area contributed by atoms with Gasteiger partial charge < -0.3 is 19.9 Å². The first kappa shape index (κ1) is 20.1. The smallest absolute Gasteiger partial charge is 0.241 e. The van der Waals surface area contributed by atoms with Gasteiger partial charge in [0.25, 0.3) is 0 Å². The SMILES string of the molecule is COc1ccc(N2CCN(C(=O)CNc3c(C)cccc3C(C)C)CC2)cc1. The van der Waals surface area contributed by atoms with Crippen LogP contribution in [0, 0.1) is 6.92 Å². The Labute approximate surface area is 168 Å². The molecule has 0 aromatic heterocycles. The van der Waals surface area contributed by atoms with Crippen LogP contribution in [0.4, 0.5) is 11.4 Å². The van der Waals surface area contributed by atoms with E-state index in [9.17, 15) is 4.79 Å². The number of anilines is 2. The molecule has 150 valence electrons. The molecule has 0 aliphatic carbocycles. The molecule has 0 atom stereocenters. The highest BCUT2D eigenvalue weighted by molar-refractivity contribution is 5.82. The van der Waals surface area contributed by atoms with Crippen LogP contribution in [-0.4, -0.2) is 50.6 Å². The number of aryl methyl sites for hydroxylation is 1. The predicted octanol–water partition coefficient (Wildman–Crippen LogP) is 3.89. The molecule has 1 aliphatic rings. The van der Waals surface area contributed by atoms with Crippen LogP contribution in [0.15, 0.2) is 42.5 Å². The van der Waals surface area contributed by atoms with Crippen molar-refractivity contribution >= 4 is 17.3 Å². The van der Waals surface area contributed by atoms with Gasteiger partial charge in [-0.3, -0.25) is 4.79 Å². The van der Waals surface area contributed by atoms with Crippen LogP contribution >= 0.6 is 0 Å². The molecule has 1 aliphatic heterocycles. The molecule has 1 amide bonds. The van der Waals surface area contributed by atoms with Gasteiger partial charge in [0.2, 0.25) is 5.91 Å². The molecule has 0 spiro atoms. The number of rotatable bonds is 6. The summed E-state index contributed by atoms with van der Waals surface area (Å²) in [4.78, 5) is 17.0. The second kappa shape index (κ2) is 9.00. The monoisotopic (exact) mass is 381 g/mol. The summed E-state index contributed by atoms with van der Waals surface area (Å²) < 4.78 is 5.22. The maximum atomic E-state index is 12.7. The van der Waals surface area contributed by atoms with Crippen molar-refractivity contribution in [3.05, 3.63) is 53.6 Å². The lowest BCUT2D eigenvalue weighted by atomic mass is 9.98. The van der Waals surface area contributed by atoms with E-state index >= 15 is 0 Å². The molecule has 1 heterocycles. The van der Waals surface area contributed by atoms with Crippen LogP contribution in [0.1, 0.15) is 30.9 Å². The number of amides is 1. The Morgan fingerprint density at radius 2 is 1.75 bits per heavy atom. The van der Waals surface area contributed by atoms with Gasteiger partial charge in [0.15, 0.2) is 0 Å². The zero-order valence-corrected chi connectivity index (χ0v) is 17.4. The Hall–Kier alpha value is -2.69. The number of hydrogen-bond acceptors (Lipinski definition) is 4. The van der Waals surface area contributed by atoms with Crippen LogP contribution in [0.5, 0.6) is 5.75 Å². The van der Waals surface area contributed by atoms with Crippen molar-refractivity contribution < 1.29 is 9.53 Å². The molecule has 2 aromatic carbocycles. The molecule has 0 unspecified atom stereocenters. The van der Waals surface area contributed by atoms with Crippen LogP contribution in [0.3, 0.4) is 0 Å². The second-order valence-electron chi connectivity index (χ2n) is 7.61. The molecule has 5 heteroatoms. The first-order valence-corrected chi connectivity index (χ1v) is 9.99. The Balaban J connectivity index is 1.54. The number of ether oxygens (including phenoxy) is 1. The molecule has 0 radical (unpaired) electrons. The van der Waals surface area contributed by atoms with E-state index in [1.165, 1.54) is 16.8 Å². The zero-order valence-electron chi connectivity index (χ0n) is 17.4. The first-order valence-electron chi connectivity index (χ1n) is 9.99. The molecular formula is C23H31N3O2. The average Bonchev–Trinajstić information content (AvgIpc) is 2.72. The van der Waals surface area contributed by atoms with Gasteiger partial charge in [-0.05, 0) is 48.2 Å². The Morgan fingerprint density at radius 3 is 2.36 bits per heavy atom. The van der Waals surface area contributed by atoms with E-state index in [-0.39, 0.29) is 5.91 Å². The number of hydrogen-bond donors (Lipinski definition) is 1. The molecule has 0 saturated carbocycles. The third-order valence-corrected chi connectivity index (χ3v) is 5.41. The number of piperazine rings is 1. The fourth-order valence-electron chi connectivity index (χ4n) is 3.70. The molecule has 5 nitrogen and oxygen atoms in total. The summed E-state index contributed by atoms with van der Waals surface area (Å²) in [6.45, 7) is 9.98. The fourth-order valence-corrected chi connectivity index (χ4v) is 3.70. The minimum atomic E-state index is 0.160. The third-order valence-electron chi connectivity index (χ3n) is 5.41. The van der Waals surface area contributed by atoms with Gasteiger partial charge in [0, 0.05) is 37.6 Å². The van der Waals surface area contributed by atoms with Crippen molar-refractivity contribution in [3.63, 3.8) is 0 Å². The minimum absolute atomic E-state index is 0.160. The number of methoxy groups -OCH3 is 1. The van der Waals surface area contributed by atoms with Gasteiger partial charge in [0.05, 0.1) is 13.7 Å². The van der Waals surface area contributed by atoms with Crippen molar-refractivity contribution in [2.75, 3.05) is 50.1 Å². The lowest BCUT2D eigenvalue weighted by Crippen LogP contribution is -2.50. The van der Waals surface area contributed by atoms with E-state index in [1.807, 2.05) is 17.0 Å². The van der Waals surface area contributed by atoms with Crippen LogP contribution in [-0.2, 0) is 4.79 Å². The molecule has 0 bridgehead atoms. The number of carbonyl (C=O) groups is 1. The maximum absolute atomic E-state index is 12.7. The largest absolute Gasteiger partial charge is 0.497 e. The Morgan fingerprint density at radius 1 is 1.07 bits per heavy atom. The molecule has 1 N–H and O–H groups in total. The molecule has 2 aromatic rings. The van der Waals surface area contributed by atoms with Crippen LogP contribution < -0.4 is 15.0 Å². The number of benzene rings is 2. The normalized spacial score (nSPS) is 14.3. The quantitative estimate of drug-likeness (QED) is 0.825. The summed E-state index contributed by atoms with van der Waals surface area (Å²) in [6, 6.07) is 14.4. The van der Waals surface area contributed by atoms with Crippen molar-refractivity contribution in [1.82, 2.24) is 4.90 Å². The summed E-state index contributed by atoms with van der Waals surface area (Å²) in [6.07, 6.45) is 0. The number of carbonyl (C=O) groups excluding carboxylic acids is 1. The average molecular weight is 382 g/mol. The van der Waals surface area contributed by atoms with E-state index < -0.39 is 0 Å². The predicted molar refractivity (Wildman–Crippen MR) is 116 cm³/mol. The third kappa shape index (κ3) is 4.58. The summed E-state index contributed by atoms with van der Waals surface area (Å²) in [5.41, 5.74) is 4.72. The number of para-hydroxylation sites is 1. The van der Waals surface area contributed by atoms with Crippen molar-refractivity contribution in [1.29, 1.82) is 0 Å². The van der Waals surface area contributed by atoms with Crippen molar-refractivity contribution in [2.45, 2.75) is 26.7 Å². The zero-order chi connectivity index (χ0) is 20.1. The topological polar surface area (TPSA) is 44.8 Å². The second-order valence-corrected chi connectivity index (χ2v) is 7.61. The fraction of sp³-hybridized carbons (Fsp3) is 0.435. The van der Waals surface area contributed by atoms with Gasteiger partial charge in [-0.1, -0.05) is 32.0 Å². The van der Waals surface area contributed by atoms with Gasteiger partial charge in [-0.15, -0.1) is 0 Å². The van der Waals surface area contributed by atoms with Crippen molar-refractivity contribution in [3.8, 4) is 5.75 Å². The van der Waals surface area contributed by atoms with E-state index in [4.69, 9.17) is 4.74 Å². The molecule has 28 heavy (non-hydrogen) atoms. The van der Waals surface area contributed by atoms with Gasteiger partial charge in [-0.25, -0.2) is 0 Å². The van der Waals surface area contributed by atoms with Crippen molar-refractivity contribution in [2.24, 2.45) is 0 Å². The molecule has 1 fully saturated rings. The summed E-state index contributed by atoms with van der Waals surface area (Å²) in [7, 11) is 1.68. The number of nitrogens with one attached hydrogen (secondary N) is 1.